The Morgan fingerprint density at radius 2 is 2.06 bits per heavy atom. The minimum absolute atomic E-state index is 0.170. The molecule has 0 amide bonds. The van der Waals surface area contributed by atoms with E-state index in [-0.39, 0.29) is 11.9 Å². The van der Waals surface area contributed by atoms with Crippen LogP contribution in [0, 0.1) is 11.7 Å². The van der Waals surface area contributed by atoms with E-state index in [0.717, 1.165) is 4.47 Å². The average molecular weight is 290 g/mol. The van der Waals surface area contributed by atoms with Crippen molar-refractivity contribution in [1.29, 1.82) is 0 Å². The van der Waals surface area contributed by atoms with E-state index in [1.807, 2.05) is 6.92 Å². The smallest absolute Gasteiger partial charge is 0.128 e. The molecule has 0 aliphatic heterocycles. The molecule has 1 aromatic rings. The molecule has 0 spiro atoms. The molecule has 0 heterocycles. The third kappa shape index (κ3) is 4.20. The predicted octanol–water partition coefficient (Wildman–Crippen LogP) is 3.83. The minimum atomic E-state index is -0.226. The molecule has 0 aromatic heterocycles. The summed E-state index contributed by atoms with van der Waals surface area (Å²) in [6.07, 6.45) is 0. The first-order valence-corrected chi connectivity index (χ1v) is 6.12. The summed E-state index contributed by atoms with van der Waals surface area (Å²) in [5, 5.41) is 0. The first-order valence-electron chi connectivity index (χ1n) is 5.33. The van der Waals surface area contributed by atoms with E-state index in [4.69, 9.17) is 4.84 Å². The third-order valence-corrected chi connectivity index (χ3v) is 2.59. The van der Waals surface area contributed by atoms with Crippen LogP contribution in [0.15, 0.2) is 22.7 Å². The van der Waals surface area contributed by atoms with Crippen LogP contribution in [0.25, 0.3) is 0 Å². The van der Waals surface area contributed by atoms with Crippen molar-refractivity contribution in [2.24, 2.45) is 5.92 Å². The molecule has 4 heteroatoms. The number of rotatable bonds is 5. The molecule has 90 valence electrons. The maximum absolute atomic E-state index is 13.5. The summed E-state index contributed by atoms with van der Waals surface area (Å²) in [5.41, 5.74) is 3.43. The number of benzene rings is 1. The van der Waals surface area contributed by atoms with Crippen molar-refractivity contribution in [1.82, 2.24) is 5.48 Å². The number of hydrogen-bond donors (Lipinski definition) is 1. The van der Waals surface area contributed by atoms with Crippen LogP contribution in [-0.4, -0.2) is 6.61 Å². The van der Waals surface area contributed by atoms with Crippen LogP contribution in [-0.2, 0) is 4.84 Å². The van der Waals surface area contributed by atoms with Gasteiger partial charge in [-0.25, -0.2) is 4.39 Å². The van der Waals surface area contributed by atoms with Crippen molar-refractivity contribution in [2.45, 2.75) is 26.8 Å². The first kappa shape index (κ1) is 13.6. The van der Waals surface area contributed by atoms with Crippen molar-refractivity contribution in [2.75, 3.05) is 6.61 Å². The summed E-state index contributed by atoms with van der Waals surface area (Å²) in [6.45, 7) is 6.60. The second-order valence-corrected chi connectivity index (χ2v) is 5.13. The van der Waals surface area contributed by atoms with E-state index in [9.17, 15) is 4.39 Å². The van der Waals surface area contributed by atoms with Gasteiger partial charge in [0.15, 0.2) is 0 Å². The fraction of sp³-hybridized carbons (Fsp3) is 0.500. The molecule has 1 aromatic carbocycles. The zero-order chi connectivity index (χ0) is 12.1. The first-order chi connectivity index (χ1) is 7.50. The van der Waals surface area contributed by atoms with Crippen molar-refractivity contribution in [3.63, 3.8) is 0 Å². The van der Waals surface area contributed by atoms with Gasteiger partial charge in [0, 0.05) is 10.0 Å². The quantitative estimate of drug-likeness (QED) is 0.832. The Balaban J connectivity index is 2.58. The lowest BCUT2D eigenvalue weighted by Gasteiger charge is -2.16. The Labute approximate surface area is 104 Å². The lowest BCUT2D eigenvalue weighted by Crippen LogP contribution is -2.22. The molecule has 16 heavy (non-hydrogen) atoms. The number of hydroxylamine groups is 1. The number of hydrogen-bond acceptors (Lipinski definition) is 2. The lowest BCUT2D eigenvalue weighted by atomic mass is 10.1. The monoisotopic (exact) mass is 289 g/mol. The van der Waals surface area contributed by atoms with Gasteiger partial charge in [-0.1, -0.05) is 29.8 Å². The van der Waals surface area contributed by atoms with Crippen LogP contribution in [0.5, 0.6) is 0 Å². The molecule has 0 aliphatic rings. The zero-order valence-electron chi connectivity index (χ0n) is 9.76. The molecule has 0 radical (unpaired) electrons. The molecule has 1 rings (SSSR count). The maximum atomic E-state index is 13.5. The largest absolute Gasteiger partial charge is 0.301 e. The SMILES string of the molecule is CC(C)CONC(C)c1cc(Br)ccc1F. The summed E-state index contributed by atoms with van der Waals surface area (Å²) in [6, 6.07) is 4.71. The Morgan fingerprint density at radius 1 is 1.38 bits per heavy atom. The molecule has 2 nitrogen and oxygen atoms in total. The zero-order valence-corrected chi connectivity index (χ0v) is 11.3. The summed E-state index contributed by atoms with van der Waals surface area (Å²) >= 11 is 3.32. The highest BCUT2D eigenvalue weighted by Crippen LogP contribution is 2.21. The van der Waals surface area contributed by atoms with Gasteiger partial charge in [-0.3, -0.25) is 0 Å². The molecule has 1 N–H and O–H groups in total. The van der Waals surface area contributed by atoms with E-state index < -0.39 is 0 Å². The van der Waals surface area contributed by atoms with Crippen molar-refractivity contribution in [3.05, 3.63) is 34.1 Å². The van der Waals surface area contributed by atoms with E-state index in [1.54, 1.807) is 12.1 Å². The van der Waals surface area contributed by atoms with Crippen molar-refractivity contribution >= 4 is 15.9 Å². The molecule has 0 saturated heterocycles. The van der Waals surface area contributed by atoms with Gasteiger partial charge in [0.1, 0.15) is 5.82 Å². The lowest BCUT2D eigenvalue weighted by molar-refractivity contribution is 0.00343. The topological polar surface area (TPSA) is 21.3 Å². The van der Waals surface area contributed by atoms with Crippen LogP contribution in [0.4, 0.5) is 4.39 Å². The summed E-state index contributed by atoms with van der Waals surface area (Å²) in [5.74, 6) is 0.225. The highest BCUT2D eigenvalue weighted by atomic mass is 79.9. The number of nitrogens with one attached hydrogen (secondary N) is 1. The van der Waals surface area contributed by atoms with E-state index in [1.165, 1.54) is 6.07 Å². The molecular weight excluding hydrogens is 273 g/mol. The van der Waals surface area contributed by atoms with Gasteiger partial charge < -0.3 is 4.84 Å². The van der Waals surface area contributed by atoms with Gasteiger partial charge >= 0.3 is 0 Å². The van der Waals surface area contributed by atoms with Gasteiger partial charge in [0.2, 0.25) is 0 Å². The Bertz CT molecular complexity index is 344. The predicted molar refractivity (Wildman–Crippen MR) is 66.4 cm³/mol. The van der Waals surface area contributed by atoms with Gasteiger partial charge in [0.25, 0.3) is 0 Å². The van der Waals surface area contributed by atoms with E-state index in [2.05, 4.69) is 35.3 Å². The van der Waals surface area contributed by atoms with Gasteiger partial charge in [-0.05, 0) is 31.0 Å². The van der Waals surface area contributed by atoms with Crippen LogP contribution < -0.4 is 5.48 Å². The summed E-state index contributed by atoms with van der Waals surface area (Å²) in [4.78, 5) is 5.27. The molecule has 0 saturated carbocycles. The average Bonchev–Trinajstić information content (AvgIpc) is 2.21. The highest BCUT2D eigenvalue weighted by molar-refractivity contribution is 9.10. The second kappa shape index (κ2) is 6.33. The second-order valence-electron chi connectivity index (χ2n) is 4.21. The molecule has 1 atom stereocenters. The molecule has 0 fully saturated rings. The third-order valence-electron chi connectivity index (χ3n) is 2.10. The van der Waals surface area contributed by atoms with Crippen LogP contribution in [0.2, 0.25) is 0 Å². The molecule has 0 bridgehead atoms. The fourth-order valence-electron chi connectivity index (χ4n) is 1.25. The van der Waals surface area contributed by atoms with Crippen LogP contribution in [0.3, 0.4) is 0 Å². The van der Waals surface area contributed by atoms with E-state index >= 15 is 0 Å². The van der Waals surface area contributed by atoms with Crippen molar-refractivity contribution in [3.8, 4) is 0 Å². The summed E-state index contributed by atoms with van der Waals surface area (Å²) in [7, 11) is 0. The van der Waals surface area contributed by atoms with E-state index in [0.29, 0.717) is 18.1 Å². The standard InChI is InChI=1S/C12H17BrFNO/c1-8(2)7-16-15-9(3)11-6-10(13)4-5-12(11)14/h4-6,8-9,15H,7H2,1-3H3. The van der Waals surface area contributed by atoms with Crippen LogP contribution in [0.1, 0.15) is 32.4 Å². The Morgan fingerprint density at radius 3 is 2.69 bits per heavy atom. The maximum Gasteiger partial charge on any atom is 0.128 e. The molecular formula is C12H17BrFNO. The molecule has 1 unspecified atom stereocenters. The number of halogens is 2. The van der Waals surface area contributed by atoms with Crippen LogP contribution >= 0.6 is 15.9 Å². The van der Waals surface area contributed by atoms with Crippen molar-refractivity contribution < 1.29 is 9.23 Å². The fourth-order valence-corrected chi connectivity index (χ4v) is 1.63. The Hall–Kier alpha value is -0.450. The highest BCUT2D eigenvalue weighted by Gasteiger charge is 2.11. The normalized spacial score (nSPS) is 13.1. The Kier molecular flexibility index (Phi) is 5.38. The summed E-state index contributed by atoms with van der Waals surface area (Å²) < 4.78 is 14.4. The van der Waals surface area contributed by atoms with Gasteiger partial charge in [0.05, 0.1) is 12.6 Å². The van der Waals surface area contributed by atoms with Gasteiger partial charge in [-0.15, -0.1) is 0 Å². The minimum Gasteiger partial charge on any atom is -0.301 e. The van der Waals surface area contributed by atoms with Gasteiger partial charge in [-0.2, -0.15) is 5.48 Å². The molecule has 0 aliphatic carbocycles.